The first kappa shape index (κ1) is 14.8. The second-order valence-corrected chi connectivity index (χ2v) is 7.60. The molecule has 2 aromatic heterocycles. The fraction of sp³-hybridized carbons (Fsp3) is 0.625. The topological polar surface area (TPSA) is 74.8 Å². The smallest absolute Gasteiger partial charge is 0.237 e. The van der Waals surface area contributed by atoms with E-state index in [1.807, 2.05) is 4.90 Å². The van der Waals surface area contributed by atoms with Gasteiger partial charge in [0.05, 0.1) is 6.04 Å². The predicted octanol–water partition coefficient (Wildman–Crippen LogP) is 2.61. The van der Waals surface area contributed by atoms with Gasteiger partial charge in [-0.3, -0.25) is 4.79 Å². The van der Waals surface area contributed by atoms with Gasteiger partial charge in [0.2, 0.25) is 5.91 Å². The SMILES string of the molecule is CC1c2ccsc2CCN1C(=O)C1(c2nn[nH]n2)CCCCC1. The summed E-state index contributed by atoms with van der Waals surface area (Å²) in [5.74, 6) is 0.758. The molecular weight excluding hydrogens is 310 g/mol. The summed E-state index contributed by atoms with van der Waals surface area (Å²) >= 11 is 1.80. The van der Waals surface area contributed by atoms with E-state index in [-0.39, 0.29) is 11.9 Å². The molecule has 2 aliphatic rings. The first-order chi connectivity index (χ1) is 11.2. The summed E-state index contributed by atoms with van der Waals surface area (Å²) in [4.78, 5) is 17.0. The van der Waals surface area contributed by atoms with Crippen molar-refractivity contribution in [1.29, 1.82) is 0 Å². The molecular formula is C16H21N5OS. The summed E-state index contributed by atoms with van der Waals surface area (Å²) in [5, 5.41) is 16.8. The van der Waals surface area contributed by atoms with E-state index in [9.17, 15) is 4.79 Å². The standard InChI is InChI=1S/C16H21N5OS/c1-11-12-6-10-23-13(12)5-9-21(11)15(22)16(7-3-2-4-8-16)14-17-19-20-18-14/h6,10-11H,2-5,7-9H2,1H3,(H,17,18,19,20). The monoisotopic (exact) mass is 331 g/mol. The molecule has 1 saturated carbocycles. The average molecular weight is 331 g/mol. The second-order valence-electron chi connectivity index (χ2n) is 6.60. The number of aromatic amines is 1. The number of carbonyl (C=O) groups excluding carboxylic acids is 1. The number of carbonyl (C=O) groups is 1. The molecule has 0 radical (unpaired) electrons. The van der Waals surface area contributed by atoms with Gasteiger partial charge < -0.3 is 4.90 Å². The van der Waals surface area contributed by atoms with Crippen molar-refractivity contribution in [3.05, 3.63) is 27.7 Å². The number of tetrazole rings is 1. The maximum Gasteiger partial charge on any atom is 0.237 e. The Kier molecular flexibility index (Phi) is 3.67. The van der Waals surface area contributed by atoms with Crippen molar-refractivity contribution < 1.29 is 4.79 Å². The summed E-state index contributed by atoms with van der Waals surface area (Å²) in [5.41, 5.74) is 0.709. The molecule has 23 heavy (non-hydrogen) atoms. The number of H-pyrrole nitrogens is 1. The van der Waals surface area contributed by atoms with Crippen LogP contribution in [0.5, 0.6) is 0 Å². The molecule has 2 aromatic rings. The maximum absolute atomic E-state index is 13.5. The first-order valence-corrected chi connectivity index (χ1v) is 9.21. The summed E-state index contributed by atoms with van der Waals surface area (Å²) in [7, 11) is 0. The third kappa shape index (κ3) is 2.29. The van der Waals surface area contributed by atoms with Crippen LogP contribution in [0.1, 0.15) is 61.3 Å². The fourth-order valence-electron chi connectivity index (χ4n) is 4.11. The highest BCUT2D eigenvalue weighted by molar-refractivity contribution is 7.10. The number of nitrogens with zero attached hydrogens (tertiary/aromatic N) is 4. The third-order valence-corrected chi connectivity index (χ3v) is 6.42. The lowest BCUT2D eigenvalue weighted by molar-refractivity contribution is -0.142. The molecule has 1 N–H and O–H groups in total. The lowest BCUT2D eigenvalue weighted by Gasteiger charge is -2.42. The number of rotatable bonds is 2. The van der Waals surface area contributed by atoms with Gasteiger partial charge >= 0.3 is 0 Å². The van der Waals surface area contributed by atoms with Gasteiger partial charge in [-0.2, -0.15) is 5.21 Å². The molecule has 1 aliphatic heterocycles. The van der Waals surface area contributed by atoms with Gasteiger partial charge in [-0.25, -0.2) is 0 Å². The van der Waals surface area contributed by atoms with Crippen LogP contribution in [0.15, 0.2) is 11.4 Å². The van der Waals surface area contributed by atoms with E-state index >= 15 is 0 Å². The average Bonchev–Trinajstić information content (AvgIpc) is 3.27. The Hall–Kier alpha value is -1.76. The van der Waals surface area contributed by atoms with E-state index in [0.717, 1.165) is 38.6 Å². The molecule has 0 bridgehead atoms. The number of amides is 1. The predicted molar refractivity (Wildman–Crippen MR) is 87.1 cm³/mol. The van der Waals surface area contributed by atoms with E-state index < -0.39 is 5.41 Å². The maximum atomic E-state index is 13.5. The minimum Gasteiger partial charge on any atom is -0.335 e. The summed E-state index contributed by atoms with van der Waals surface area (Å²) < 4.78 is 0. The zero-order chi connectivity index (χ0) is 15.9. The minimum atomic E-state index is -0.590. The lowest BCUT2D eigenvalue weighted by Crippen LogP contribution is -2.51. The zero-order valence-electron chi connectivity index (χ0n) is 13.3. The van der Waals surface area contributed by atoms with Gasteiger partial charge in [0.15, 0.2) is 5.82 Å². The summed E-state index contributed by atoms with van der Waals surface area (Å²) in [6.07, 6.45) is 5.87. The molecule has 1 aliphatic carbocycles. The largest absolute Gasteiger partial charge is 0.335 e. The Morgan fingerprint density at radius 3 is 2.96 bits per heavy atom. The van der Waals surface area contributed by atoms with Crippen molar-refractivity contribution >= 4 is 17.2 Å². The highest BCUT2D eigenvalue weighted by Gasteiger charge is 2.48. The quantitative estimate of drug-likeness (QED) is 0.918. The van der Waals surface area contributed by atoms with Gasteiger partial charge in [0, 0.05) is 11.4 Å². The number of hydrogen-bond acceptors (Lipinski definition) is 5. The summed E-state index contributed by atoms with van der Waals surface area (Å²) in [6, 6.07) is 2.29. The van der Waals surface area contributed by atoms with Crippen molar-refractivity contribution in [3.63, 3.8) is 0 Å². The van der Waals surface area contributed by atoms with Crippen LogP contribution in [0.4, 0.5) is 0 Å². The molecule has 7 heteroatoms. The summed E-state index contributed by atoms with van der Waals surface area (Å²) in [6.45, 7) is 2.92. The molecule has 1 atom stereocenters. The van der Waals surface area contributed by atoms with Crippen molar-refractivity contribution in [2.24, 2.45) is 0 Å². The van der Waals surface area contributed by atoms with E-state index in [4.69, 9.17) is 0 Å². The van der Waals surface area contributed by atoms with Crippen LogP contribution in [-0.4, -0.2) is 38.0 Å². The zero-order valence-corrected chi connectivity index (χ0v) is 14.1. The van der Waals surface area contributed by atoms with Crippen LogP contribution in [0, 0.1) is 0 Å². The molecule has 1 fully saturated rings. The molecule has 1 unspecified atom stereocenters. The lowest BCUT2D eigenvalue weighted by atomic mass is 9.72. The molecule has 3 heterocycles. The molecule has 4 rings (SSSR count). The van der Waals surface area contributed by atoms with Crippen LogP contribution in [0.2, 0.25) is 0 Å². The van der Waals surface area contributed by atoms with Crippen molar-refractivity contribution in [2.45, 2.75) is 56.9 Å². The Morgan fingerprint density at radius 1 is 1.39 bits per heavy atom. The van der Waals surface area contributed by atoms with Crippen LogP contribution in [-0.2, 0) is 16.6 Å². The number of hydrogen-bond donors (Lipinski definition) is 1. The van der Waals surface area contributed by atoms with Gasteiger partial charge in [-0.1, -0.05) is 24.5 Å². The second kappa shape index (κ2) is 5.70. The molecule has 0 spiro atoms. The Morgan fingerprint density at radius 2 is 2.22 bits per heavy atom. The van der Waals surface area contributed by atoms with Crippen LogP contribution in [0.25, 0.3) is 0 Å². The van der Waals surface area contributed by atoms with Gasteiger partial charge in [-0.15, -0.1) is 21.5 Å². The highest BCUT2D eigenvalue weighted by atomic mass is 32.1. The molecule has 1 amide bonds. The molecule has 0 aromatic carbocycles. The Balaban J connectivity index is 1.69. The molecule has 0 saturated heterocycles. The van der Waals surface area contributed by atoms with E-state index in [1.165, 1.54) is 16.9 Å². The van der Waals surface area contributed by atoms with Crippen molar-refractivity contribution in [1.82, 2.24) is 25.5 Å². The molecule has 6 nitrogen and oxygen atoms in total. The minimum absolute atomic E-state index is 0.128. The van der Waals surface area contributed by atoms with Crippen LogP contribution in [0.3, 0.4) is 0 Å². The van der Waals surface area contributed by atoms with E-state index in [0.29, 0.717) is 5.82 Å². The number of nitrogens with one attached hydrogen (secondary N) is 1. The van der Waals surface area contributed by atoms with Gasteiger partial charge in [-0.05, 0) is 43.2 Å². The molecule has 122 valence electrons. The fourth-order valence-corrected chi connectivity index (χ4v) is 5.08. The number of aromatic nitrogens is 4. The third-order valence-electron chi connectivity index (χ3n) is 5.43. The van der Waals surface area contributed by atoms with Crippen molar-refractivity contribution in [3.8, 4) is 0 Å². The van der Waals surface area contributed by atoms with E-state index in [1.54, 1.807) is 11.3 Å². The number of thiophene rings is 1. The Labute approximate surface area is 139 Å². The van der Waals surface area contributed by atoms with Crippen LogP contribution < -0.4 is 0 Å². The van der Waals surface area contributed by atoms with Gasteiger partial charge in [0.25, 0.3) is 0 Å². The first-order valence-electron chi connectivity index (χ1n) is 8.34. The highest BCUT2D eigenvalue weighted by Crippen LogP contribution is 2.42. The van der Waals surface area contributed by atoms with E-state index in [2.05, 4.69) is 39.0 Å². The van der Waals surface area contributed by atoms with Crippen LogP contribution >= 0.6 is 11.3 Å². The Bertz CT molecular complexity index is 689. The number of fused-ring (bicyclic) bond motifs is 1. The van der Waals surface area contributed by atoms with Crippen molar-refractivity contribution in [2.75, 3.05) is 6.54 Å². The normalized spacial score (nSPS) is 23.5. The van der Waals surface area contributed by atoms with Gasteiger partial charge in [0.1, 0.15) is 5.41 Å².